The molecule has 3 nitrogen and oxygen atoms in total. The van der Waals surface area contributed by atoms with E-state index in [-0.39, 0.29) is 5.54 Å². The van der Waals surface area contributed by atoms with Crippen LogP contribution in [-0.4, -0.2) is 14.8 Å². The third-order valence-corrected chi connectivity index (χ3v) is 2.89. The molecule has 0 saturated carbocycles. The lowest BCUT2D eigenvalue weighted by Crippen LogP contribution is -2.24. The van der Waals surface area contributed by atoms with Gasteiger partial charge in [-0.2, -0.15) is 5.10 Å². The van der Waals surface area contributed by atoms with Crippen LogP contribution in [0.25, 0.3) is 0 Å². The Bertz CT molecular complexity index is 546. The summed E-state index contributed by atoms with van der Waals surface area (Å²) in [5, 5.41) is 7.20. The van der Waals surface area contributed by atoms with Crippen LogP contribution >= 0.6 is 12.2 Å². The number of benzene rings is 1. The minimum Gasteiger partial charge on any atom is -0.298 e. The number of nitrogens with zero attached hydrogens (tertiary/aromatic N) is 2. The first-order valence-corrected chi connectivity index (χ1v) is 6.10. The summed E-state index contributed by atoms with van der Waals surface area (Å²) in [7, 11) is 0. The monoisotopic (exact) mass is 247 g/mol. The lowest BCUT2D eigenvalue weighted by molar-refractivity contribution is 0.380. The van der Waals surface area contributed by atoms with Crippen LogP contribution in [0.1, 0.15) is 32.2 Å². The van der Waals surface area contributed by atoms with Gasteiger partial charge in [-0.15, -0.1) is 0 Å². The molecule has 1 aromatic carbocycles. The zero-order chi connectivity index (χ0) is 12.5. The van der Waals surface area contributed by atoms with Gasteiger partial charge in [0, 0.05) is 12.0 Å². The smallest absolute Gasteiger partial charge is 0.195 e. The van der Waals surface area contributed by atoms with Gasteiger partial charge in [0.15, 0.2) is 4.77 Å². The average molecular weight is 247 g/mol. The van der Waals surface area contributed by atoms with E-state index in [0.717, 1.165) is 12.2 Å². The molecule has 0 aliphatic carbocycles. The Morgan fingerprint density at radius 3 is 2.47 bits per heavy atom. The van der Waals surface area contributed by atoms with Gasteiger partial charge in [-0.3, -0.25) is 9.67 Å². The molecule has 2 aromatic rings. The second-order valence-corrected chi connectivity index (χ2v) is 5.50. The maximum absolute atomic E-state index is 5.28. The molecule has 1 heterocycles. The van der Waals surface area contributed by atoms with Crippen molar-refractivity contribution < 1.29 is 0 Å². The predicted molar refractivity (Wildman–Crippen MR) is 71.7 cm³/mol. The topological polar surface area (TPSA) is 33.6 Å². The minimum atomic E-state index is -0.0474. The van der Waals surface area contributed by atoms with Crippen LogP contribution in [0, 0.1) is 4.77 Å². The number of hydrogen-bond acceptors (Lipinski definition) is 2. The van der Waals surface area contributed by atoms with Crippen molar-refractivity contribution in [1.29, 1.82) is 0 Å². The molecule has 0 amide bonds. The first kappa shape index (κ1) is 12.0. The Morgan fingerprint density at radius 2 is 1.88 bits per heavy atom. The van der Waals surface area contributed by atoms with Gasteiger partial charge in [0.25, 0.3) is 0 Å². The normalized spacial score (nSPS) is 11.7. The van der Waals surface area contributed by atoms with Crippen molar-refractivity contribution in [1.82, 2.24) is 14.8 Å². The fourth-order valence-electron chi connectivity index (χ4n) is 1.92. The molecular formula is C13H17N3S. The van der Waals surface area contributed by atoms with E-state index in [2.05, 4.69) is 47.7 Å². The number of aromatic amines is 1. The minimum absolute atomic E-state index is 0.0474. The van der Waals surface area contributed by atoms with Gasteiger partial charge in [-0.05, 0) is 38.6 Å². The summed E-state index contributed by atoms with van der Waals surface area (Å²) in [6.45, 7) is 6.40. The zero-order valence-electron chi connectivity index (χ0n) is 10.4. The average Bonchev–Trinajstić information content (AvgIpc) is 2.60. The van der Waals surface area contributed by atoms with Gasteiger partial charge in [-0.1, -0.05) is 30.3 Å². The van der Waals surface area contributed by atoms with Crippen LogP contribution in [-0.2, 0) is 12.0 Å². The second kappa shape index (κ2) is 4.45. The second-order valence-electron chi connectivity index (χ2n) is 5.11. The van der Waals surface area contributed by atoms with E-state index >= 15 is 0 Å². The van der Waals surface area contributed by atoms with Gasteiger partial charge in [0.05, 0.1) is 0 Å². The summed E-state index contributed by atoms with van der Waals surface area (Å²) >= 11 is 5.28. The lowest BCUT2D eigenvalue weighted by atomic mass is 10.1. The molecule has 0 spiro atoms. The van der Waals surface area contributed by atoms with E-state index in [1.165, 1.54) is 5.56 Å². The third-order valence-electron chi connectivity index (χ3n) is 2.62. The highest BCUT2D eigenvalue weighted by Gasteiger charge is 2.19. The summed E-state index contributed by atoms with van der Waals surface area (Å²) in [6.07, 6.45) is 0.797. The zero-order valence-corrected chi connectivity index (χ0v) is 11.2. The molecule has 90 valence electrons. The van der Waals surface area contributed by atoms with E-state index in [4.69, 9.17) is 12.2 Å². The maximum Gasteiger partial charge on any atom is 0.195 e. The van der Waals surface area contributed by atoms with E-state index in [9.17, 15) is 0 Å². The number of aromatic nitrogens is 3. The van der Waals surface area contributed by atoms with Gasteiger partial charge in [0.2, 0.25) is 0 Å². The molecule has 1 N–H and O–H groups in total. The summed E-state index contributed by atoms with van der Waals surface area (Å²) in [5.74, 6) is 0.980. The van der Waals surface area contributed by atoms with E-state index in [0.29, 0.717) is 4.77 Å². The quantitative estimate of drug-likeness (QED) is 0.826. The molecule has 0 unspecified atom stereocenters. The highest BCUT2D eigenvalue weighted by Crippen LogP contribution is 2.18. The first-order valence-electron chi connectivity index (χ1n) is 5.69. The number of rotatable bonds is 2. The van der Waals surface area contributed by atoms with Crippen LogP contribution in [0.4, 0.5) is 0 Å². The largest absolute Gasteiger partial charge is 0.298 e. The molecule has 0 fully saturated rings. The number of nitrogens with one attached hydrogen (secondary N) is 1. The summed E-state index contributed by atoms with van der Waals surface area (Å²) < 4.78 is 2.76. The molecule has 0 saturated heterocycles. The van der Waals surface area contributed by atoms with E-state index < -0.39 is 0 Å². The van der Waals surface area contributed by atoms with Gasteiger partial charge < -0.3 is 0 Å². The van der Waals surface area contributed by atoms with Crippen molar-refractivity contribution in [2.45, 2.75) is 32.7 Å². The first-order chi connectivity index (χ1) is 7.98. The van der Waals surface area contributed by atoms with Crippen molar-refractivity contribution in [2.24, 2.45) is 0 Å². The number of H-pyrrole nitrogens is 1. The van der Waals surface area contributed by atoms with Gasteiger partial charge in [0.1, 0.15) is 5.82 Å². The van der Waals surface area contributed by atoms with Crippen LogP contribution in [0.5, 0.6) is 0 Å². The van der Waals surface area contributed by atoms with Gasteiger partial charge >= 0.3 is 0 Å². The summed E-state index contributed by atoms with van der Waals surface area (Å²) in [6, 6.07) is 10.3. The van der Waals surface area contributed by atoms with Crippen molar-refractivity contribution in [3.8, 4) is 0 Å². The Labute approximate surface area is 106 Å². The molecule has 2 rings (SSSR count). The van der Waals surface area contributed by atoms with Crippen molar-refractivity contribution in [3.63, 3.8) is 0 Å². The Hall–Kier alpha value is -1.42. The molecular weight excluding hydrogens is 230 g/mol. The van der Waals surface area contributed by atoms with Crippen LogP contribution in [0.15, 0.2) is 30.3 Å². The number of hydrogen-bond donors (Lipinski definition) is 1. The molecule has 0 aliphatic heterocycles. The van der Waals surface area contributed by atoms with Crippen LogP contribution in [0.3, 0.4) is 0 Å². The highest BCUT2D eigenvalue weighted by atomic mass is 32.1. The van der Waals surface area contributed by atoms with Crippen LogP contribution < -0.4 is 0 Å². The SMILES string of the molecule is CC(C)(C)n1c(Cc2ccccc2)n[nH]c1=S. The Kier molecular flexibility index (Phi) is 3.15. The lowest BCUT2D eigenvalue weighted by Gasteiger charge is -2.22. The highest BCUT2D eigenvalue weighted by molar-refractivity contribution is 7.71. The predicted octanol–water partition coefficient (Wildman–Crippen LogP) is 3.29. The fourth-order valence-corrected chi connectivity index (χ4v) is 2.34. The molecule has 17 heavy (non-hydrogen) atoms. The van der Waals surface area contributed by atoms with E-state index in [1.807, 2.05) is 18.2 Å². The molecule has 1 aromatic heterocycles. The molecule has 0 aliphatic rings. The standard InChI is InChI=1S/C13H17N3S/c1-13(2,3)16-11(14-15-12(16)17)9-10-7-5-4-6-8-10/h4-8H,9H2,1-3H3,(H,15,17). The molecule has 0 atom stereocenters. The fraction of sp³-hybridized carbons (Fsp3) is 0.385. The Morgan fingerprint density at radius 1 is 1.24 bits per heavy atom. The third kappa shape index (κ3) is 2.64. The summed E-state index contributed by atoms with van der Waals surface area (Å²) in [5.41, 5.74) is 1.20. The maximum atomic E-state index is 5.28. The molecule has 0 bridgehead atoms. The van der Waals surface area contributed by atoms with Crippen molar-refractivity contribution in [3.05, 3.63) is 46.5 Å². The molecule has 4 heteroatoms. The van der Waals surface area contributed by atoms with Crippen molar-refractivity contribution >= 4 is 12.2 Å². The summed E-state index contributed by atoms with van der Waals surface area (Å²) in [4.78, 5) is 0. The molecule has 0 radical (unpaired) electrons. The van der Waals surface area contributed by atoms with Crippen molar-refractivity contribution in [2.75, 3.05) is 0 Å². The van der Waals surface area contributed by atoms with E-state index in [1.54, 1.807) is 0 Å². The Balaban J connectivity index is 2.38. The van der Waals surface area contributed by atoms with Crippen LogP contribution in [0.2, 0.25) is 0 Å². The van der Waals surface area contributed by atoms with Gasteiger partial charge in [-0.25, -0.2) is 0 Å².